The topological polar surface area (TPSA) is 54.5 Å². The minimum absolute atomic E-state index is 0.215. The number of ether oxygens (including phenoxy) is 1. The average molecular weight is 329 g/mol. The number of pyridine rings is 1. The summed E-state index contributed by atoms with van der Waals surface area (Å²) in [6.45, 7) is 6.88. The van der Waals surface area contributed by atoms with Gasteiger partial charge in [0.25, 0.3) is 0 Å². The molecule has 0 saturated heterocycles. The molecule has 2 aromatic rings. The van der Waals surface area contributed by atoms with Gasteiger partial charge in [-0.05, 0) is 38.5 Å². The minimum Gasteiger partial charge on any atom is -0.491 e. The van der Waals surface area contributed by atoms with Crippen LogP contribution in [-0.4, -0.2) is 29.1 Å². The van der Waals surface area contributed by atoms with Crippen LogP contribution in [0.15, 0.2) is 24.3 Å². The molecule has 0 bridgehead atoms. The molecule has 0 radical (unpaired) electrons. The number of rotatable bonds is 1. The molecule has 1 aromatic carbocycles. The summed E-state index contributed by atoms with van der Waals surface area (Å²) >= 11 is 0. The Morgan fingerprint density at radius 2 is 2.08 bits per heavy atom. The third kappa shape index (κ3) is 3.32. The Kier molecular flexibility index (Phi) is 4.38. The van der Waals surface area contributed by atoms with E-state index in [2.05, 4.69) is 10.3 Å². The van der Waals surface area contributed by atoms with Crippen molar-refractivity contribution in [3.05, 3.63) is 52.6 Å². The number of carbonyl (C=O) groups is 1. The van der Waals surface area contributed by atoms with Crippen molar-refractivity contribution in [2.75, 3.05) is 18.5 Å². The van der Waals surface area contributed by atoms with Crippen molar-refractivity contribution in [3.63, 3.8) is 0 Å². The zero-order chi connectivity index (χ0) is 17.3. The van der Waals surface area contributed by atoms with E-state index in [1.165, 1.54) is 12.1 Å². The second kappa shape index (κ2) is 6.47. The lowest BCUT2D eigenvalue weighted by Crippen LogP contribution is -2.36. The molecular weight excluding hydrogens is 309 g/mol. The normalized spacial score (nSPS) is 13.8. The number of hydrogen-bond donors (Lipinski definition) is 1. The third-order valence-electron chi connectivity index (χ3n) is 4.05. The molecular formula is C18H20FN3O2. The lowest BCUT2D eigenvalue weighted by Gasteiger charge is -2.22. The van der Waals surface area contributed by atoms with E-state index < -0.39 is 0 Å². The summed E-state index contributed by atoms with van der Waals surface area (Å²) in [6.07, 6.45) is 0. The van der Waals surface area contributed by atoms with Crippen LogP contribution in [0, 0.1) is 26.6 Å². The Bertz CT molecular complexity index is 769. The van der Waals surface area contributed by atoms with Gasteiger partial charge >= 0.3 is 6.03 Å². The fourth-order valence-corrected chi connectivity index (χ4v) is 2.92. The number of benzene rings is 1. The number of hydrogen-bond acceptors (Lipinski definition) is 3. The van der Waals surface area contributed by atoms with Crippen molar-refractivity contribution in [2.45, 2.75) is 27.3 Å². The number of nitrogens with zero attached hydrogens (tertiary/aromatic N) is 2. The van der Waals surface area contributed by atoms with Crippen LogP contribution in [0.1, 0.15) is 22.5 Å². The highest BCUT2D eigenvalue weighted by Crippen LogP contribution is 2.25. The Morgan fingerprint density at radius 1 is 1.29 bits per heavy atom. The standard InChI is InChI=1S/C18H20FN3O2/c1-11-8-12(2)20-13(3)17(11)21-18(23)22-6-7-24-16-9-15(19)5-4-14(16)10-22/h4-5,8-9H,6-7,10H2,1-3H3,(H,21,23). The molecule has 1 N–H and O–H groups in total. The molecule has 0 atom stereocenters. The molecule has 2 heterocycles. The Balaban J connectivity index is 1.79. The maximum atomic E-state index is 13.3. The van der Waals surface area contributed by atoms with Gasteiger partial charge in [-0.15, -0.1) is 0 Å². The number of nitrogens with one attached hydrogen (secondary N) is 1. The fraction of sp³-hybridized carbons (Fsp3) is 0.333. The molecule has 1 aromatic heterocycles. The van der Waals surface area contributed by atoms with Crippen LogP contribution in [0.4, 0.5) is 14.9 Å². The molecule has 24 heavy (non-hydrogen) atoms. The van der Waals surface area contributed by atoms with Gasteiger partial charge in [-0.2, -0.15) is 0 Å². The van der Waals surface area contributed by atoms with Gasteiger partial charge in [-0.3, -0.25) is 4.98 Å². The zero-order valence-electron chi connectivity index (χ0n) is 14.0. The summed E-state index contributed by atoms with van der Waals surface area (Å²) in [5.41, 5.74) is 4.20. The first-order valence-electron chi connectivity index (χ1n) is 7.86. The summed E-state index contributed by atoms with van der Waals surface area (Å²) in [4.78, 5) is 18.7. The second-order valence-electron chi connectivity index (χ2n) is 5.99. The zero-order valence-corrected chi connectivity index (χ0v) is 14.0. The van der Waals surface area contributed by atoms with E-state index in [0.29, 0.717) is 25.4 Å². The lowest BCUT2D eigenvalue weighted by molar-refractivity contribution is 0.200. The molecule has 0 aliphatic carbocycles. The minimum atomic E-state index is -0.344. The van der Waals surface area contributed by atoms with Crippen molar-refractivity contribution in [1.29, 1.82) is 0 Å². The molecule has 0 fully saturated rings. The molecule has 1 aliphatic rings. The molecule has 0 unspecified atom stereocenters. The van der Waals surface area contributed by atoms with Crippen molar-refractivity contribution in [3.8, 4) is 5.75 Å². The lowest BCUT2D eigenvalue weighted by atomic mass is 10.1. The molecule has 0 saturated carbocycles. The number of aromatic nitrogens is 1. The van der Waals surface area contributed by atoms with Gasteiger partial charge < -0.3 is 15.0 Å². The Labute approximate surface area is 140 Å². The summed E-state index contributed by atoms with van der Waals surface area (Å²) in [7, 11) is 0. The predicted molar refractivity (Wildman–Crippen MR) is 89.8 cm³/mol. The summed E-state index contributed by atoms with van der Waals surface area (Å²) in [6, 6.07) is 6.11. The smallest absolute Gasteiger partial charge is 0.322 e. The Morgan fingerprint density at radius 3 is 2.83 bits per heavy atom. The van der Waals surface area contributed by atoms with Gasteiger partial charge in [-0.25, -0.2) is 9.18 Å². The van der Waals surface area contributed by atoms with Gasteiger partial charge in [0.15, 0.2) is 0 Å². The van der Waals surface area contributed by atoms with E-state index in [0.717, 1.165) is 28.2 Å². The summed E-state index contributed by atoms with van der Waals surface area (Å²) < 4.78 is 18.9. The van der Waals surface area contributed by atoms with Crippen LogP contribution in [0.3, 0.4) is 0 Å². The second-order valence-corrected chi connectivity index (χ2v) is 5.99. The van der Waals surface area contributed by atoms with E-state index in [-0.39, 0.29) is 11.8 Å². The van der Waals surface area contributed by atoms with E-state index in [1.54, 1.807) is 11.0 Å². The number of carbonyl (C=O) groups excluding carboxylic acids is 1. The van der Waals surface area contributed by atoms with E-state index in [9.17, 15) is 9.18 Å². The number of amides is 2. The maximum Gasteiger partial charge on any atom is 0.322 e. The molecule has 5 nitrogen and oxygen atoms in total. The molecule has 2 amide bonds. The molecule has 1 aliphatic heterocycles. The first-order valence-corrected chi connectivity index (χ1v) is 7.86. The summed E-state index contributed by atoms with van der Waals surface area (Å²) in [5.74, 6) is 0.151. The predicted octanol–water partition coefficient (Wildman–Crippen LogP) is 3.57. The highest BCUT2D eigenvalue weighted by atomic mass is 19.1. The van der Waals surface area contributed by atoms with E-state index >= 15 is 0 Å². The summed E-state index contributed by atoms with van der Waals surface area (Å²) in [5, 5.41) is 2.94. The third-order valence-corrected chi connectivity index (χ3v) is 4.05. The monoisotopic (exact) mass is 329 g/mol. The number of halogens is 1. The van der Waals surface area contributed by atoms with Gasteiger partial charge in [0, 0.05) is 17.3 Å². The van der Waals surface area contributed by atoms with Gasteiger partial charge in [0.05, 0.1) is 24.5 Å². The van der Waals surface area contributed by atoms with Crippen molar-refractivity contribution in [1.82, 2.24) is 9.88 Å². The van der Waals surface area contributed by atoms with Gasteiger partial charge in [-0.1, -0.05) is 6.07 Å². The van der Waals surface area contributed by atoms with Crippen LogP contribution < -0.4 is 10.1 Å². The van der Waals surface area contributed by atoms with Crippen LogP contribution in [0.5, 0.6) is 5.75 Å². The van der Waals surface area contributed by atoms with Crippen molar-refractivity contribution < 1.29 is 13.9 Å². The average Bonchev–Trinajstić information content (AvgIpc) is 2.72. The molecule has 0 spiro atoms. The molecule has 3 rings (SSSR count). The number of urea groups is 1. The number of anilines is 1. The maximum absolute atomic E-state index is 13.3. The molecule has 126 valence electrons. The quantitative estimate of drug-likeness (QED) is 0.870. The highest BCUT2D eigenvalue weighted by Gasteiger charge is 2.21. The van der Waals surface area contributed by atoms with Crippen LogP contribution >= 0.6 is 0 Å². The molecule has 6 heteroatoms. The largest absolute Gasteiger partial charge is 0.491 e. The first-order chi connectivity index (χ1) is 11.4. The van der Waals surface area contributed by atoms with E-state index in [4.69, 9.17) is 4.74 Å². The first kappa shape index (κ1) is 16.2. The highest BCUT2D eigenvalue weighted by molar-refractivity contribution is 5.90. The van der Waals surface area contributed by atoms with Crippen molar-refractivity contribution in [2.24, 2.45) is 0 Å². The number of fused-ring (bicyclic) bond motifs is 1. The van der Waals surface area contributed by atoms with Gasteiger partial charge in [0.1, 0.15) is 18.2 Å². The number of aryl methyl sites for hydroxylation is 3. The van der Waals surface area contributed by atoms with E-state index in [1.807, 2.05) is 26.8 Å². The van der Waals surface area contributed by atoms with Crippen molar-refractivity contribution >= 4 is 11.7 Å². The van der Waals surface area contributed by atoms with Crippen LogP contribution in [0.2, 0.25) is 0 Å². The Hall–Kier alpha value is -2.63. The fourth-order valence-electron chi connectivity index (χ4n) is 2.92. The van der Waals surface area contributed by atoms with Gasteiger partial charge in [0.2, 0.25) is 0 Å². The SMILES string of the molecule is Cc1cc(C)c(NC(=O)N2CCOc3cc(F)ccc3C2)c(C)n1. The van der Waals surface area contributed by atoms with Crippen LogP contribution in [-0.2, 0) is 6.54 Å². The van der Waals surface area contributed by atoms with Crippen LogP contribution in [0.25, 0.3) is 0 Å².